The molecule has 0 radical (unpaired) electrons. The van der Waals surface area contributed by atoms with Crippen LogP contribution in [0.3, 0.4) is 0 Å². The molecular formula is C19H32N2O3. The Morgan fingerprint density at radius 3 is 2.75 bits per heavy atom. The molecule has 3 aliphatic heterocycles. The van der Waals surface area contributed by atoms with Crippen LogP contribution in [0.15, 0.2) is 0 Å². The van der Waals surface area contributed by atoms with Crippen LogP contribution >= 0.6 is 0 Å². The van der Waals surface area contributed by atoms with Gasteiger partial charge >= 0.3 is 0 Å². The van der Waals surface area contributed by atoms with Crippen LogP contribution in [0.2, 0.25) is 0 Å². The summed E-state index contributed by atoms with van der Waals surface area (Å²) in [7, 11) is 0. The number of hydrogen-bond acceptors (Lipinski definition) is 4. The number of nitrogens with zero attached hydrogens (tertiary/aromatic N) is 2. The monoisotopic (exact) mass is 336 g/mol. The number of carbonyl (C=O) groups is 1. The summed E-state index contributed by atoms with van der Waals surface area (Å²) >= 11 is 0. The molecule has 0 aromatic heterocycles. The molecule has 1 atom stereocenters. The smallest absolute Gasteiger partial charge is 0.239 e. The van der Waals surface area contributed by atoms with E-state index in [0.717, 1.165) is 71.6 Å². The maximum atomic E-state index is 13.2. The molecule has 0 aromatic rings. The van der Waals surface area contributed by atoms with Crippen molar-refractivity contribution < 1.29 is 14.3 Å². The summed E-state index contributed by atoms with van der Waals surface area (Å²) in [5, 5.41) is 0. The van der Waals surface area contributed by atoms with Crippen LogP contribution in [0.4, 0.5) is 0 Å². The normalized spacial score (nSPS) is 38.0. The zero-order valence-corrected chi connectivity index (χ0v) is 15.0. The van der Waals surface area contributed by atoms with Crippen LogP contribution < -0.4 is 0 Å². The lowest BCUT2D eigenvalue weighted by Gasteiger charge is -2.45. The van der Waals surface area contributed by atoms with Gasteiger partial charge in [0.2, 0.25) is 5.91 Å². The summed E-state index contributed by atoms with van der Waals surface area (Å²) in [6, 6.07) is 0.684. The van der Waals surface area contributed by atoms with Gasteiger partial charge in [0, 0.05) is 39.0 Å². The largest absolute Gasteiger partial charge is 0.381 e. The van der Waals surface area contributed by atoms with E-state index in [1.165, 1.54) is 12.8 Å². The number of likely N-dealkylation sites (tertiary alicyclic amines) is 2. The lowest BCUT2D eigenvalue weighted by Crippen LogP contribution is -2.51. The maximum absolute atomic E-state index is 13.2. The van der Waals surface area contributed by atoms with Gasteiger partial charge in [0.05, 0.1) is 12.1 Å². The molecule has 0 bridgehead atoms. The van der Waals surface area contributed by atoms with E-state index in [1.54, 1.807) is 0 Å². The second-order valence-corrected chi connectivity index (χ2v) is 8.23. The Kier molecular flexibility index (Phi) is 4.85. The molecule has 1 amide bonds. The summed E-state index contributed by atoms with van der Waals surface area (Å²) in [5.41, 5.74) is 0.373. The van der Waals surface area contributed by atoms with Crippen LogP contribution in [0.1, 0.15) is 51.9 Å². The fourth-order valence-electron chi connectivity index (χ4n) is 5.43. The van der Waals surface area contributed by atoms with Gasteiger partial charge in [-0.15, -0.1) is 0 Å². The molecule has 5 nitrogen and oxygen atoms in total. The van der Waals surface area contributed by atoms with Crippen LogP contribution in [0, 0.1) is 5.41 Å². The van der Waals surface area contributed by atoms with E-state index in [-0.39, 0.29) is 6.04 Å². The van der Waals surface area contributed by atoms with Crippen molar-refractivity contribution in [3.63, 3.8) is 0 Å². The topological polar surface area (TPSA) is 42.0 Å². The molecule has 1 saturated carbocycles. The highest BCUT2D eigenvalue weighted by atomic mass is 16.5. The van der Waals surface area contributed by atoms with Gasteiger partial charge < -0.3 is 14.4 Å². The van der Waals surface area contributed by atoms with Gasteiger partial charge in [-0.3, -0.25) is 9.69 Å². The van der Waals surface area contributed by atoms with E-state index >= 15 is 0 Å². The minimum Gasteiger partial charge on any atom is -0.381 e. The number of amides is 1. The van der Waals surface area contributed by atoms with Crippen molar-refractivity contribution >= 4 is 5.91 Å². The molecule has 4 fully saturated rings. The summed E-state index contributed by atoms with van der Waals surface area (Å²) in [6.45, 7) is 7.60. The predicted octanol–water partition coefficient (Wildman–Crippen LogP) is 2.05. The number of hydrogen-bond donors (Lipinski definition) is 0. The fourth-order valence-corrected chi connectivity index (χ4v) is 5.43. The van der Waals surface area contributed by atoms with Gasteiger partial charge in [-0.25, -0.2) is 0 Å². The van der Waals surface area contributed by atoms with Crippen molar-refractivity contribution in [3.8, 4) is 0 Å². The van der Waals surface area contributed by atoms with Gasteiger partial charge in [0.1, 0.15) is 0 Å². The molecule has 5 heteroatoms. The molecule has 4 rings (SSSR count). The highest BCUT2D eigenvalue weighted by molar-refractivity contribution is 5.82. The second kappa shape index (κ2) is 6.93. The van der Waals surface area contributed by atoms with E-state index in [0.29, 0.717) is 23.5 Å². The van der Waals surface area contributed by atoms with Crippen molar-refractivity contribution in [2.24, 2.45) is 5.41 Å². The molecule has 3 saturated heterocycles. The summed E-state index contributed by atoms with van der Waals surface area (Å²) in [5.74, 6) is 0.399. The fraction of sp³-hybridized carbons (Fsp3) is 0.947. The van der Waals surface area contributed by atoms with Crippen LogP contribution in [-0.2, 0) is 14.3 Å². The van der Waals surface area contributed by atoms with E-state index in [9.17, 15) is 4.79 Å². The standard InChI is InChI=1S/C19H32N2O3/c1-2-24-16-12-19(13-16)7-9-20(14-19)18(22)17-4-3-8-21(17)15-5-10-23-11-6-15/h15-17H,2-14H2,1H3. The molecule has 136 valence electrons. The van der Waals surface area contributed by atoms with Gasteiger partial charge in [-0.2, -0.15) is 0 Å². The van der Waals surface area contributed by atoms with Crippen LogP contribution in [0.5, 0.6) is 0 Å². The number of rotatable bonds is 4. The second-order valence-electron chi connectivity index (χ2n) is 8.23. The summed E-state index contributed by atoms with van der Waals surface area (Å²) in [6.07, 6.45) is 8.30. The summed E-state index contributed by atoms with van der Waals surface area (Å²) < 4.78 is 11.2. The number of ether oxygens (including phenoxy) is 2. The van der Waals surface area contributed by atoms with Crippen molar-refractivity contribution in [2.75, 3.05) is 39.5 Å². The van der Waals surface area contributed by atoms with E-state index in [2.05, 4.69) is 16.7 Å². The molecule has 4 aliphatic rings. The lowest BCUT2D eigenvalue weighted by atomic mass is 9.66. The van der Waals surface area contributed by atoms with Gasteiger partial charge in [0.25, 0.3) is 0 Å². The van der Waals surface area contributed by atoms with Crippen molar-refractivity contribution in [2.45, 2.75) is 70.1 Å². The molecule has 1 spiro atoms. The first-order chi connectivity index (χ1) is 11.7. The van der Waals surface area contributed by atoms with E-state index in [4.69, 9.17) is 9.47 Å². The first-order valence-corrected chi connectivity index (χ1v) is 9.95. The third kappa shape index (κ3) is 3.11. The van der Waals surface area contributed by atoms with Gasteiger partial charge in [-0.1, -0.05) is 0 Å². The van der Waals surface area contributed by atoms with Crippen molar-refractivity contribution in [1.82, 2.24) is 9.80 Å². The van der Waals surface area contributed by atoms with E-state index in [1.807, 2.05) is 0 Å². The zero-order chi connectivity index (χ0) is 16.6. The maximum Gasteiger partial charge on any atom is 0.239 e. The third-order valence-corrected chi connectivity index (χ3v) is 6.71. The average Bonchev–Trinajstić information content (AvgIpc) is 3.22. The molecule has 0 aromatic carbocycles. The van der Waals surface area contributed by atoms with Gasteiger partial charge in [0.15, 0.2) is 0 Å². The number of carbonyl (C=O) groups excluding carboxylic acids is 1. The Balaban J connectivity index is 1.34. The lowest BCUT2D eigenvalue weighted by molar-refractivity contribution is -0.138. The molecule has 1 unspecified atom stereocenters. The Morgan fingerprint density at radius 1 is 1.21 bits per heavy atom. The minimum absolute atomic E-state index is 0.131. The van der Waals surface area contributed by atoms with E-state index < -0.39 is 0 Å². The highest BCUT2D eigenvalue weighted by Crippen LogP contribution is 2.49. The Hall–Kier alpha value is -0.650. The SMILES string of the molecule is CCOC1CC2(CCN(C(=O)C3CCCN3C3CCOCC3)C2)C1. The molecule has 24 heavy (non-hydrogen) atoms. The molecule has 0 N–H and O–H groups in total. The Bertz CT molecular complexity index is 458. The third-order valence-electron chi connectivity index (χ3n) is 6.71. The van der Waals surface area contributed by atoms with Crippen molar-refractivity contribution in [3.05, 3.63) is 0 Å². The van der Waals surface area contributed by atoms with Crippen LogP contribution in [0.25, 0.3) is 0 Å². The molecular weight excluding hydrogens is 304 g/mol. The first-order valence-electron chi connectivity index (χ1n) is 9.95. The Morgan fingerprint density at radius 2 is 2.00 bits per heavy atom. The predicted molar refractivity (Wildman–Crippen MR) is 91.8 cm³/mol. The van der Waals surface area contributed by atoms with Gasteiger partial charge in [-0.05, 0) is 63.8 Å². The first kappa shape index (κ1) is 16.8. The summed E-state index contributed by atoms with van der Waals surface area (Å²) in [4.78, 5) is 17.8. The van der Waals surface area contributed by atoms with Crippen LogP contribution in [-0.4, -0.2) is 73.3 Å². The zero-order valence-electron chi connectivity index (χ0n) is 15.0. The average molecular weight is 336 g/mol. The highest BCUT2D eigenvalue weighted by Gasteiger charge is 2.51. The molecule has 3 heterocycles. The minimum atomic E-state index is 0.131. The molecule has 1 aliphatic carbocycles. The van der Waals surface area contributed by atoms with Crippen molar-refractivity contribution in [1.29, 1.82) is 0 Å². The Labute approximate surface area is 145 Å². The quantitative estimate of drug-likeness (QED) is 0.788.